The van der Waals surface area contributed by atoms with Gasteiger partial charge in [0, 0.05) is 5.56 Å². The van der Waals surface area contributed by atoms with E-state index in [2.05, 4.69) is 4.98 Å². The van der Waals surface area contributed by atoms with Crippen LogP contribution in [0.15, 0.2) is 34.9 Å². The molecule has 72 valence electrons. The predicted octanol–water partition coefficient (Wildman–Crippen LogP) is 1.93. The van der Waals surface area contributed by atoms with Crippen LogP contribution in [0.2, 0.25) is 0 Å². The van der Waals surface area contributed by atoms with E-state index in [1.807, 2.05) is 24.3 Å². The maximum Gasteiger partial charge on any atom is 0.228 e. The fourth-order valence-corrected chi connectivity index (χ4v) is 1.15. The largest absolute Gasteiger partial charge is 0.497 e. The molecule has 0 atom stereocenters. The molecule has 2 rings (SSSR count). The first-order valence-corrected chi connectivity index (χ1v) is 4.15. The first kappa shape index (κ1) is 8.62. The number of nitrogens with two attached hydrogens (primary N) is 1. The third-order valence-corrected chi connectivity index (χ3v) is 1.86. The van der Waals surface area contributed by atoms with E-state index in [9.17, 15) is 0 Å². The second-order valence-corrected chi connectivity index (χ2v) is 2.80. The van der Waals surface area contributed by atoms with Crippen molar-refractivity contribution in [3.8, 4) is 17.2 Å². The van der Waals surface area contributed by atoms with Crippen molar-refractivity contribution in [2.45, 2.75) is 0 Å². The molecule has 4 heteroatoms. The SMILES string of the molecule is COc1ccc(-c2ncc(N)o2)cc1. The van der Waals surface area contributed by atoms with E-state index in [0.29, 0.717) is 11.8 Å². The summed E-state index contributed by atoms with van der Waals surface area (Å²) in [5, 5.41) is 0. The van der Waals surface area contributed by atoms with E-state index in [4.69, 9.17) is 14.9 Å². The molecule has 0 fully saturated rings. The smallest absolute Gasteiger partial charge is 0.228 e. The van der Waals surface area contributed by atoms with Gasteiger partial charge < -0.3 is 14.9 Å². The number of aromatic nitrogens is 1. The minimum atomic E-state index is 0.316. The number of nitrogen functional groups attached to an aromatic ring is 1. The minimum absolute atomic E-state index is 0.316. The Kier molecular flexibility index (Phi) is 2.10. The molecule has 14 heavy (non-hydrogen) atoms. The fourth-order valence-electron chi connectivity index (χ4n) is 1.15. The Hall–Kier alpha value is -1.97. The number of oxazole rings is 1. The van der Waals surface area contributed by atoms with E-state index < -0.39 is 0 Å². The molecule has 2 aromatic rings. The number of ether oxygens (including phenoxy) is 1. The quantitative estimate of drug-likeness (QED) is 0.786. The van der Waals surface area contributed by atoms with Gasteiger partial charge in [-0.05, 0) is 24.3 Å². The van der Waals surface area contributed by atoms with Gasteiger partial charge in [0.1, 0.15) is 5.75 Å². The lowest BCUT2D eigenvalue weighted by molar-refractivity contribution is 0.415. The van der Waals surface area contributed by atoms with Crippen LogP contribution in [-0.4, -0.2) is 12.1 Å². The first-order valence-electron chi connectivity index (χ1n) is 4.15. The van der Waals surface area contributed by atoms with Crippen molar-refractivity contribution in [3.05, 3.63) is 30.5 Å². The summed E-state index contributed by atoms with van der Waals surface area (Å²) in [4.78, 5) is 4.01. The highest BCUT2D eigenvalue weighted by molar-refractivity contribution is 5.55. The van der Waals surface area contributed by atoms with Crippen LogP contribution >= 0.6 is 0 Å². The van der Waals surface area contributed by atoms with Gasteiger partial charge in [-0.1, -0.05) is 0 Å². The summed E-state index contributed by atoms with van der Waals surface area (Å²) in [6.07, 6.45) is 1.49. The molecule has 0 saturated heterocycles. The van der Waals surface area contributed by atoms with Gasteiger partial charge in [-0.3, -0.25) is 0 Å². The average Bonchev–Trinajstić information content (AvgIpc) is 2.65. The van der Waals surface area contributed by atoms with Crippen LogP contribution in [0.4, 0.5) is 5.88 Å². The van der Waals surface area contributed by atoms with Crippen LogP contribution < -0.4 is 10.5 Å². The highest BCUT2D eigenvalue weighted by Gasteiger charge is 2.03. The summed E-state index contributed by atoms with van der Waals surface area (Å²) < 4.78 is 10.2. The number of methoxy groups -OCH3 is 1. The fraction of sp³-hybridized carbons (Fsp3) is 0.100. The van der Waals surface area contributed by atoms with Crippen molar-refractivity contribution in [2.24, 2.45) is 0 Å². The molecule has 0 unspecified atom stereocenters. The summed E-state index contributed by atoms with van der Waals surface area (Å²) in [6, 6.07) is 7.42. The number of hydrogen-bond donors (Lipinski definition) is 1. The van der Waals surface area contributed by atoms with Gasteiger partial charge in [0.25, 0.3) is 0 Å². The molecule has 0 aliphatic rings. The van der Waals surface area contributed by atoms with Crippen LogP contribution in [-0.2, 0) is 0 Å². The molecule has 0 spiro atoms. The van der Waals surface area contributed by atoms with Gasteiger partial charge in [0.2, 0.25) is 11.8 Å². The zero-order chi connectivity index (χ0) is 9.97. The Morgan fingerprint density at radius 2 is 2.00 bits per heavy atom. The molecule has 0 amide bonds. The maximum absolute atomic E-state index is 5.42. The van der Waals surface area contributed by atoms with Crippen LogP contribution in [0.5, 0.6) is 5.75 Å². The van der Waals surface area contributed by atoms with Crippen LogP contribution in [0.25, 0.3) is 11.5 Å². The molecule has 4 nitrogen and oxygen atoms in total. The molecule has 0 bridgehead atoms. The van der Waals surface area contributed by atoms with Crippen LogP contribution in [0, 0.1) is 0 Å². The Morgan fingerprint density at radius 3 is 2.50 bits per heavy atom. The van der Waals surface area contributed by atoms with Gasteiger partial charge in [0.15, 0.2) is 0 Å². The number of nitrogens with zero attached hydrogens (tertiary/aromatic N) is 1. The third kappa shape index (κ3) is 1.54. The normalized spacial score (nSPS) is 10.1. The monoisotopic (exact) mass is 190 g/mol. The number of hydrogen-bond acceptors (Lipinski definition) is 4. The average molecular weight is 190 g/mol. The van der Waals surface area contributed by atoms with Gasteiger partial charge in [-0.15, -0.1) is 0 Å². The van der Waals surface area contributed by atoms with Gasteiger partial charge in [0.05, 0.1) is 13.3 Å². The Labute approximate surface area is 81.3 Å². The van der Waals surface area contributed by atoms with E-state index in [1.165, 1.54) is 6.20 Å². The predicted molar refractivity (Wildman–Crippen MR) is 52.9 cm³/mol. The number of anilines is 1. The molecule has 2 N–H and O–H groups in total. The standard InChI is InChI=1S/C10H10N2O2/c1-13-8-4-2-7(3-5-8)10-12-6-9(11)14-10/h2-6H,11H2,1H3. The second-order valence-electron chi connectivity index (χ2n) is 2.80. The van der Waals surface area contributed by atoms with Crippen molar-refractivity contribution in [1.82, 2.24) is 4.98 Å². The maximum atomic E-state index is 5.42. The van der Waals surface area contributed by atoms with Gasteiger partial charge >= 0.3 is 0 Å². The van der Waals surface area contributed by atoms with Crippen molar-refractivity contribution in [2.75, 3.05) is 12.8 Å². The number of rotatable bonds is 2. The minimum Gasteiger partial charge on any atom is -0.497 e. The summed E-state index contributed by atoms with van der Waals surface area (Å²) in [5.74, 6) is 1.63. The Balaban J connectivity index is 2.33. The zero-order valence-corrected chi connectivity index (χ0v) is 7.73. The summed E-state index contributed by atoms with van der Waals surface area (Å²) in [7, 11) is 1.62. The van der Waals surface area contributed by atoms with Gasteiger partial charge in [-0.2, -0.15) is 0 Å². The van der Waals surface area contributed by atoms with E-state index in [0.717, 1.165) is 11.3 Å². The lowest BCUT2D eigenvalue weighted by Crippen LogP contribution is -1.82. The van der Waals surface area contributed by atoms with Crippen molar-refractivity contribution >= 4 is 5.88 Å². The molecule has 0 radical (unpaired) electrons. The topological polar surface area (TPSA) is 61.3 Å². The molecule has 1 aromatic carbocycles. The van der Waals surface area contributed by atoms with Crippen molar-refractivity contribution in [1.29, 1.82) is 0 Å². The molecule has 0 saturated carbocycles. The van der Waals surface area contributed by atoms with E-state index in [1.54, 1.807) is 7.11 Å². The lowest BCUT2D eigenvalue weighted by Gasteiger charge is -1.99. The molecule has 1 heterocycles. The summed E-state index contributed by atoms with van der Waals surface area (Å²) in [6.45, 7) is 0. The summed E-state index contributed by atoms with van der Waals surface area (Å²) >= 11 is 0. The number of benzene rings is 1. The van der Waals surface area contributed by atoms with E-state index >= 15 is 0 Å². The molecule has 0 aliphatic heterocycles. The van der Waals surface area contributed by atoms with Crippen molar-refractivity contribution in [3.63, 3.8) is 0 Å². The molecule has 0 aliphatic carbocycles. The van der Waals surface area contributed by atoms with Gasteiger partial charge in [-0.25, -0.2) is 4.98 Å². The Bertz CT molecular complexity index is 420. The highest BCUT2D eigenvalue weighted by atomic mass is 16.5. The second kappa shape index (κ2) is 3.41. The third-order valence-electron chi connectivity index (χ3n) is 1.86. The highest BCUT2D eigenvalue weighted by Crippen LogP contribution is 2.22. The molecule has 1 aromatic heterocycles. The Morgan fingerprint density at radius 1 is 1.29 bits per heavy atom. The van der Waals surface area contributed by atoms with Crippen LogP contribution in [0.3, 0.4) is 0 Å². The van der Waals surface area contributed by atoms with Crippen LogP contribution in [0.1, 0.15) is 0 Å². The zero-order valence-electron chi connectivity index (χ0n) is 7.73. The first-order chi connectivity index (χ1) is 6.79. The lowest BCUT2D eigenvalue weighted by atomic mass is 10.2. The van der Waals surface area contributed by atoms with Crippen molar-refractivity contribution < 1.29 is 9.15 Å². The molecular weight excluding hydrogens is 180 g/mol. The van der Waals surface area contributed by atoms with E-state index in [-0.39, 0.29) is 0 Å². The summed E-state index contributed by atoms with van der Waals surface area (Å²) in [5.41, 5.74) is 6.30. The molecular formula is C10H10N2O2.